The van der Waals surface area contributed by atoms with Crippen molar-refractivity contribution in [3.63, 3.8) is 0 Å². The molecule has 2 heteroatoms. The number of rotatable bonds is 2. The van der Waals surface area contributed by atoms with Crippen molar-refractivity contribution in [3.8, 4) is 0 Å². The highest BCUT2D eigenvalue weighted by Crippen LogP contribution is 2.20. The van der Waals surface area contributed by atoms with Gasteiger partial charge in [-0.25, -0.2) is 0 Å². The van der Waals surface area contributed by atoms with Crippen LogP contribution in [0.25, 0.3) is 0 Å². The second-order valence-electron chi connectivity index (χ2n) is 1.99. The van der Waals surface area contributed by atoms with Crippen molar-refractivity contribution in [1.29, 1.82) is 0 Å². The van der Waals surface area contributed by atoms with Gasteiger partial charge in [-0.3, -0.25) is 9.98 Å². The Balaban J connectivity index is 2.81. The normalized spacial score (nSPS) is 20.6. The standard InChI is InChI=1S/C7H10N2/c1-3-7(4-2)8-5-6-9-7/h3,5-6H,1,4H2,2H3. The molecule has 0 saturated heterocycles. The van der Waals surface area contributed by atoms with Gasteiger partial charge in [0.1, 0.15) is 0 Å². The Morgan fingerprint density at radius 1 is 1.56 bits per heavy atom. The highest BCUT2D eigenvalue weighted by atomic mass is 15.1. The smallest absolute Gasteiger partial charge is 0.168 e. The van der Waals surface area contributed by atoms with Gasteiger partial charge in [0.2, 0.25) is 0 Å². The van der Waals surface area contributed by atoms with Crippen molar-refractivity contribution in [1.82, 2.24) is 0 Å². The van der Waals surface area contributed by atoms with Crippen molar-refractivity contribution in [2.24, 2.45) is 9.98 Å². The summed E-state index contributed by atoms with van der Waals surface area (Å²) in [6.45, 7) is 5.70. The summed E-state index contributed by atoms with van der Waals surface area (Å²) in [4.78, 5) is 8.28. The fraction of sp³-hybridized carbons (Fsp3) is 0.429. The minimum atomic E-state index is -0.319. The maximum Gasteiger partial charge on any atom is 0.168 e. The van der Waals surface area contributed by atoms with E-state index < -0.39 is 0 Å². The fourth-order valence-corrected chi connectivity index (χ4v) is 0.790. The van der Waals surface area contributed by atoms with Gasteiger partial charge in [0.15, 0.2) is 5.66 Å². The monoisotopic (exact) mass is 122 g/mol. The van der Waals surface area contributed by atoms with Gasteiger partial charge in [0.25, 0.3) is 0 Å². The van der Waals surface area contributed by atoms with Gasteiger partial charge < -0.3 is 0 Å². The van der Waals surface area contributed by atoms with Gasteiger partial charge in [-0.2, -0.15) is 0 Å². The van der Waals surface area contributed by atoms with Crippen LogP contribution in [0.3, 0.4) is 0 Å². The highest BCUT2D eigenvalue weighted by molar-refractivity contribution is 6.17. The van der Waals surface area contributed by atoms with Crippen molar-refractivity contribution >= 4 is 12.4 Å². The van der Waals surface area contributed by atoms with Crippen LogP contribution in [-0.2, 0) is 0 Å². The molecule has 1 aliphatic rings. The van der Waals surface area contributed by atoms with E-state index in [1.54, 1.807) is 18.5 Å². The van der Waals surface area contributed by atoms with Gasteiger partial charge in [-0.05, 0) is 12.5 Å². The maximum atomic E-state index is 4.14. The molecule has 1 aliphatic heterocycles. The van der Waals surface area contributed by atoms with Gasteiger partial charge in [-0.15, -0.1) is 0 Å². The lowest BCUT2D eigenvalue weighted by molar-refractivity contribution is 0.555. The lowest BCUT2D eigenvalue weighted by Crippen LogP contribution is -2.15. The second kappa shape index (κ2) is 2.13. The third-order valence-electron chi connectivity index (χ3n) is 1.51. The van der Waals surface area contributed by atoms with Gasteiger partial charge in [-0.1, -0.05) is 13.5 Å². The molecule has 0 amide bonds. The van der Waals surface area contributed by atoms with Gasteiger partial charge in [0.05, 0.1) is 0 Å². The number of hydrogen-bond donors (Lipinski definition) is 0. The molecule has 9 heavy (non-hydrogen) atoms. The lowest BCUT2D eigenvalue weighted by Gasteiger charge is -2.14. The summed E-state index contributed by atoms with van der Waals surface area (Å²) in [5.41, 5.74) is -0.319. The summed E-state index contributed by atoms with van der Waals surface area (Å²) in [5.74, 6) is 0. The van der Waals surface area contributed by atoms with Gasteiger partial charge in [0, 0.05) is 12.4 Å². The Hall–Kier alpha value is -0.920. The first-order chi connectivity index (χ1) is 4.33. The topological polar surface area (TPSA) is 24.7 Å². The van der Waals surface area contributed by atoms with E-state index in [1.165, 1.54) is 0 Å². The van der Waals surface area contributed by atoms with Crippen LogP contribution in [0.2, 0.25) is 0 Å². The predicted molar refractivity (Wildman–Crippen MR) is 40.2 cm³/mol. The zero-order valence-electron chi connectivity index (χ0n) is 5.54. The first-order valence-corrected chi connectivity index (χ1v) is 3.05. The first kappa shape index (κ1) is 6.20. The number of nitrogens with zero attached hydrogens (tertiary/aromatic N) is 2. The predicted octanol–water partition coefficient (Wildman–Crippen LogP) is 1.43. The van der Waals surface area contributed by atoms with Crippen molar-refractivity contribution in [2.75, 3.05) is 0 Å². The summed E-state index contributed by atoms with van der Waals surface area (Å²) in [7, 11) is 0. The molecule has 0 bridgehead atoms. The van der Waals surface area contributed by atoms with Crippen LogP contribution < -0.4 is 0 Å². The van der Waals surface area contributed by atoms with E-state index in [0.717, 1.165) is 6.42 Å². The van der Waals surface area contributed by atoms with E-state index in [-0.39, 0.29) is 5.66 Å². The molecule has 0 atom stereocenters. The number of aliphatic imine (C=N–C) groups is 2. The van der Waals surface area contributed by atoms with E-state index in [2.05, 4.69) is 16.6 Å². The van der Waals surface area contributed by atoms with Crippen LogP contribution in [0.15, 0.2) is 22.6 Å². The van der Waals surface area contributed by atoms with E-state index in [4.69, 9.17) is 0 Å². The van der Waals surface area contributed by atoms with Crippen molar-refractivity contribution in [3.05, 3.63) is 12.7 Å². The Labute approximate surface area is 55.0 Å². The van der Waals surface area contributed by atoms with Gasteiger partial charge >= 0.3 is 0 Å². The quantitative estimate of drug-likeness (QED) is 0.495. The minimum absolute atomic E-state index is 0.319. The Morgan fingerprint density at radius 3 is 2.33 bits per heavy atom. The minimum Gasteiger partial charge on any atom is -0.258 e. The highest BCUT2D eigenvalue weighted by Gasteiger charge is 2.21. The zero-order valence-corrected chi connectivity index (χ0v) is 5.54. The molecule has 0 N–H and O–H groups in total. The average Bonchev–Trinajstić information content (AvgIpc) is 2.36. The van der Waals surface area contributed by atoms with Crippen LogP contribution in [0.1, 0.15) is 13.3 Å². The Kier molecular flexibility index (Phi) is 1.47. The molecule has 0 aromatic heterocycles. The molecular weight excluding hydrogens is 112 g/mol. The van der Waals surface area contributed by atoms with Crippen LogP contribution in [0.5, 0.6) is 0 Å². The third kappa shape index (κ3) is 0.922. The molecule has 0 saturated carbocycles. The maximum absolute atomic E-state index is 4.14. The summed E-state index contributed by atoms with van der Waals surface area (Å²) < 4.78 is 0. The van der Waals surface area contributed by atoms with Crippen molar-refractivity contribution in [2.45, 2.75) is 19.0 Å². The molecule has 0 aromatic rings. The molecule has 1 heterocycles. The van der Waals surface area contributed by atoms with Crippen LogP contribution >= 0.6 is 0 Å². The summed E-state index contributed by atoms with van der Waals surface area (Å²) in [6, 6.07) is 0. The molecule has 2 nitrogen and oxygen atoms in total. The zero-order chi connectivity index (χ0) is 6.74. The molecule has 0 aliphatic carbocycles. The molecule has 0 fully saturated rings. The summed E-state index contributed by atoms with van der Waals surface area (Å²) >= 11 is 0. The summed E-state index contributed by atoms with van der Waals surface area (Å²) in [5, 5.41) is 0. The molecule has 1 rings (SSSR count). The Bertz CT molecular complexity index is 156. The molecule has 0 spiro atoms. The largest absolute Gasteiger partial charge is 0.258 e. The van der Waals surface area contributed by atoms with E-state index >= 15 is 0 Å². The molecule has 0 aromatic carbocycles. The molecule has 48 valence electrons. The molecule has 0 unspecified atom stereocenters. The average molecular weight is 122 g/mol. The number of hydrogen-bond acceptors (Lipinski definition) is 2. The lowest BCUT2D eigenvalue weighted by atomic mass is 10.1. The van der Waals surface area contributed by atoms with E-state index in [0.29, 0.717) is 0 Å². The molecule has 0 radical (unpaired) electrons. The SMILES string of the molecule is C=CC1(CC)N=CC=N1. The summed E-state index contributed by atoms with van der Waals surface area (Å²) in [6.07, 6.45) is 6.09. The van der Waals surface area contributed by atoms with E-state index in [1.807, 2.05) is 6.92 Å². The second-order valence-corrected chi connectivity index (χ2v) is 1.99. The Morgan fingerprint density at radius 2 is 2.11 bits per heavy atom. The van der Waals surface area contributed by atoms with E-state index in [9.17, 15) is 0 Å². The fourth-order valence-electron chi connectivity index (χ4n) is 0.790. The van der Waals surface area contributed by atoms with Crippen LogP contribution in [-0.4, -0.2) is 18.1 Å². The van der Waals surface area contributed by atoms with Crippen LogP contribution in [0, 0.1) is 0 Å². The third-order valence-corrected chi connectivity index (χ3v) is 1.51. The first-order valence-electron chi connectivity index (χ1n) is 3.05. The van der Waals surface area contributed by atoms with Crippen molar-refractivity contribution < 1.29 is 0 Å². The van der Waals surface area contributed by atoms with Crippen LogP contribution in [0.4, 0.5) is 0 Å². The molecular formula is C7H10N2.